The maximum Gasteiger partial charge on any atom is 0.187 e. The molecule has 0 amide bonds. The van der Waals surface area contributed by atoms with Gasteiger partial charge in [-0.25, -0.2) is 0 Å². The molecule has 0 radical (unpaired) electrons. The van der Waals surface area contributed by atoms with Crippen LogP contribution in [0.4, 0.5) is 0 Å². The van der Waals surface area contributed by atoms with Gasteiger partial charge in [0.25, 0.3) is 0 Å². The van der Waals surface area contributed by atoms with E-state index >= 15 is 0 Å². The van der Waals surface area contributed by atoms with Crippen molar-refractivity contribution < 1.29 is 4.79 Å². The third-order valence-electron chi connectivity index (χ3n) is 3.98. The van der Waals surface area contributed by atoms with Crippen molar-refractivity contribution in [2.24, 2.45) is 0 Å². The molecular weight excluding hydrogens is 322 g/mol. The van der Waals surface area contributed by atoms with Crippen molar-refractivity contribution in [3.8, 4) is 0 Å². The van der Waals surface area contributed by atoms with Crippen molar-refractivity contribution in [3.63, 3.8) is 0 Å². The van der Waals surface area contributed by atoms with Gasteiger partial charge in [-0.15, -0.1) is 0 Å². The molecule has 1 fully saturated rings. The molecule has 138 valence electrons. The molecule has 0 unspecified atom stereocenters. The van der Waals surface area contributed by atoms with Gasteiger partial charge < -0.3 is 9.80 Å². The molecule has 0 bridgehead atoms. The summed E-state index contributed by atoms with van der Waals surface area (Å²) in [6.45, 7) is 2.16. The second-order valence-corrected chi connectivity index (χ2v) is 6.95. The van der Waals surface area contributed by atoms with Crippen molar-refractivity contribution in [1.82, 2.24) is 14.7 Å². The van der Waals surface area contributed by atoms with Crippen molar-refractivity contribution in [2.75, 3.05) is 41.3 Å². The summed E-state index contributed by atoms with van der Waals surface area (Å²) in [6.07, 6.45) is 11.6. The third-order valence-corrected chi connectivity index (χ3v) is 3.98. The van der Waals surface area contributed by atoms with Crippen LogP contribution in [-0.4, -0.2) is 61.8 Å². The van der Waals surface area contributed by atoms with Gasteiger partial charge in [0.2, 0.25) is 0 Å². The standard InChI is InChI=1S/C22H29N3O/c1-23(2)14-8-12-20-17-25(16-19-10-6-5-7-11-19)18-21(22(20)26)13-9-15-24(3)4/h5-15H,16-18H2,1-4H3. The maximum atomic E-state index is 12.8. The van der Waals surface area contributed by atoms with Crippen molar-refractivity contribution in [3.05, 3.63) is 83.7 Å². The Balaban J connectivity index is 2.23. The van der Waals surface area contributed by atoms with Crippen LogP contribution in [-0.2, 0) is 11.3 Å². The van der Waals surface area contributed by atoms with Crippen LogP contribution in [0.15, 0.2) is 78.2 Å². The molecule has 0 spiro atoms. The van der Waals surface area contributed by atoms with E-state index in [9.17, 15) is 4.79 Å². The summed E-state index contributed by atoms with van der Waals surface area (Å²) in [5, 5.41) is 0. The lowest BCUT2D eigenvalue weighted by molar-refractivity contribution is -0.113. The first-order chi connectivity index (χ1) is 12.5. The molecule has 2 rings (SSSR count). The number of hydrogen-bond acceptors (Lipinski definition) is 4. The van der Waals surface area contributed by atoms with Crippen LogP contribution >= 0.6 is 0 Å². The first kappa shape index (κ1) is 19.7. The highest BCUT2D eigenvalue weighted by molar-refractivity contribution is 6.10. The highest BCUT2D eigenvalue weighted by Gasteiger charge is 2.25. The zero-order valence-electron chi connectivity index (χ0n) is 16.2. The average Bonchev–Trinajstić information content (AvgIpc) is 2.58. The van der Waals surface area contributed by atoms with E-state index < -0.39 is 0 Å². The minimum atomic E-state index is 0.140. The van der Waals surface area contributed by atoms with Crippen molar-refractivity contribution >= 4 is 5.78 Å². The number of rotatable bonds is 6. The van der Waals surface area contributed by atoms with Gasteiger partial charge in [-0.3, -0.25) is 9.69 Å². The largest absolute Gasteiger partial charge is 0.383 e. The molecule has 4 nitrogen and oxygen atoms in total. The lowest BCUT2D eigenvalue weighted by Gasteiger charge is -2.29. The number of ketones is 1. The van der Waals surface area contributed by atoms with E-state index in [-0.39, 0.29) is 5.78 Å². The Morgan fingerprint density at radius 2 is 1.38 bits per heavy atom. The molecule has 1 aliphatic rings. The van der Waals surface area contributed by atoms with Gasteiger partial charge in [0.1, 0.15) is 0 Å². The molecule has 0 aliphatic carbocycles. The van der Waals surface area contributed by atoms with E-state index in [2.05, 4.69) is 29.2 Å². The summed E-state index contributed by atoms with van der Waals surface area (Å²) in [5.74, 6) is 0.140. The van der Waals surface area contributed by atoms with E-state index in [1.54, 1.807) is 0 Å². The summed E-state index contributed by atoms with van der Waals surface area (Å²) in [6, 6.07) is 10.4. The number of benzene rings is 1. The summed E-state index contributed by atoms with van der Waals surface area (Å²) in [7, 11) is 7.88. The van der Waals surface area contributed by atoms with Gasteiger partial charge in [-0.2, -0.15) is 0 Å². The Morgan fingerprint density at radius 1 is 0.885 bits per heavy atom. The van der Waals surface area contributed by atoms with Crippen LogP contribution in [0.25, 0.3) is 0 Å². The zero-order valence-corrected chi connectivity index (χ0v) is 16.2. The number of likely N-dealkylation sites (tertiary alicyclic amines) is 1. The number of Topliss-reactive ketones (excluding diaryl/α,β-unsaturated/α-hetero) is 1. The smallest absolute Gasteiger partial charge is 0.187 e. The molecule has 1 saturated heterocycles. The second kappa shape index (κ2) is 9.78. The van der Waals surface area contributed by atoms with Crippen LogP contribution in [0.2, 0.25) is 0 Å². The van der Waals surface area contributed by atoms with Gasteiger partial charge in [-0.1, -0.05) is 42.5 Å². The van der Waals surface area contributed by atoms with E-state index in [0.29, 0.717) is 13.1 Å². The Bertz CT molecular complexity index is 672. The fraction of sp³-hybridized carbons (Fsp3) is 0.318. The lowest BCUT2D eigenvalue weighted by Crippen LogP contribution is -2.37. The fourth-order valence-corrected chi connectivity index (χ4v) is 2.76. The number of nitrogens with zero attached hydrogens (tertiary/aromatic N) is 3. The predicted molar refractivity (Wildman–Crippen MR) is 109 cm³/mol. The average molecular weight is 351 g/mol. The summed E-state index contributed by atoms with van der Waals surface area (Å²) < 4.78 is 0. The van der Waals surface area contributed by atoms with Crippen LogP contribution in [0.5, 0.6) is 0 Å². The quantitative estimate of drug-likeness (QED) is 0.736. The topological polar surface area (TPSA) is 26.8 Å². The molecule has 4 heteroatoms. The Kier molecular flexibility index (Phi) is 7.42. The van der Waals surface area contributed by atoms with E-state index in [0.717, 1.165) is 17.7 Å². The monoisotopic (exact) mass is 351 g/mol. The maximum absolute atomic E-state index is 12.8. The number of carbonyl (C=O) groups is 1. The van der Waals surface area contributed by atoms with Crippen molar-refractivity contribution in [1.29, 1.82) is 0 Å². The highest BCUT2D eigenvalue weighted by atomic mass is 16.1. The zero-order chi connectivity index (χ0) is 18.9. The minimum absolute atomic E-state index is 0.140. The fourth-order valence-electron chi connectivity index (χ4n) is 2.76. The van der Waals surface area contributed by atoms with Crippen LogP contribution in [0.1, 0.15) is 5.56 Å². The van der Waals surface area contributed by atoms with Gasteiger partial charge >= 0.3 is 0 Å². The van der Waals surface area contributed by atoms with Crippen LogP contribution in [0.3, 0.4) is 0 Å². The molecule has 0 N–H and O–H groups in total. The molecule has 0 atom stereocenters. The molecule has 1 heterocycles. The first-order valence-corrected chi connectivity index (χ1v) is 8.84. The molecular formula is C22H29N3O. The Hall–Kier alpha value is -2.59. The molecule has 1 aliphatic heterocycles. The lowest BCUT2D eigenvalue weighted by atomic mass is 9.96. The van der Waals surface area contributed by atoms with E-state index in [1.165, 1.54) is 5.56 Å². The molecule has 0 aromatic heterocycles. The highest BCUT2D eigenvalue weighted by Crippen LogP contribution is 2.20. The first-order valence-electron chi connectivity index (χ1n) is 8.84. The summed E-state index contributed by atoms with van der Waals surface area (Å²) in [5.41, 5.74) is 2.91. The number of piperidine rings is 1. The Morgan fingerprint density at radius 3 is 1.85 bits per heavy atom. The molecule has 1 aromatic rings. The van der Waals surface area contributed by atoms with E-state index in [1.807, 2.05) is 80.8 Å². The van der Waals surface area contributed by atoms with Crippen molar-refractivity contribution in [2.45, 2.75) is 6.54 Å². The SMILES string of the molecule is CN(C)C=CC=C1CN(Cc2ccccc2)CC(=CC=CN(C)C)C1=O. The second-order valence-electron chi connectivity index (χ2n) is 6.95. The number of carbonyl (C=O) groups excluding carboxylic acids is 1. The molecule has 0 saturated carbocycles. The van der Waals surface area contributed by atoms with Gasteiger partial charge in [0.15, 0.2) is 5.78 Å². The molecule has 1 aromatic carbocycles. The number of allylic oxidation sites excluding steroid dienone is 4. The molecule has 26 heavy (non-hydrogen) atoms. The Labute approximate surface area is 157 Å². The third kappa shape index (κ3) is 6.37. The normalized spacial score (nSPS) is 19.2. The van der Waals surface area contributed by atoms with Crippen LogP contribution < -0.4 is 0 Å². The van der Waals surface area contributed by atoms with E-state index in [4.69, 9.17) is 0 Å². The summed E-state index contributed by atoms with van der Waals surface area (Å²) in [4.78, 5) is 19.0. The van der Waals surface area contributed by atoms with Crippen LogP contribution in [0, 0.1) is 0 Å². The van der Waals surface area contributed by atoms with Gasteiger partial charge in [0, 0.05) is 59.0 Å². The minimum Gasteiger partial charge on any atom is -0.383 e. The predicted octanol–water partition coefficient (Wildman–Crippen LogP) is 3.07. The van der Waals surface area contributed by atoms with Gasteiger partial charge in [0.05, 0.1) is 0 Å². The summed E-state index contributed by atoms with van der Waals surface area (Å²) >= 11 is 0. The number of hydrogen-bond donors (Lipinski definition) is 0. The van der Waals surface area contributed by atoms with Gasteiger partial charge in [-0.05, 0) is 30.1 Å².